The molecular weight excluding hydrogens is 368 g/mol. The predicted molar refractivity (Wildman–Crippen MR) is 113 cm³/mol. The van der Waals surface area contributed by atoms with Gasteiger partial charge in [-0.1, -0.05) is 12.8 Å². The number of carbonyl (C=O) groups excluding carboxylic acids is 1. The van der Waals surface area contributed by atoms with Gasteiger partial charge in [0.1, 0.15) is 0 Å². The van der Waals surface area contributed by atoms with Crippen molar-refractivity contribution < 1.29 is 9.72 Å². The van der Waals surface area contributed by atoms with Crippen molar-refractivity contribution in [3.8, 4) is 0 Å². The highest BCUT2D eigenvalue weighted by Gasteiger charge is 2.27. The highest BCUT2D eigenvalue weighted by Crippen LogP contribution is 2.29. The summed E-state index contributed by atoms with van der Waals surface area (Å²) in [4.78, 5) is 28.6. The normalized spacial score (nSPS) is 21.6. The van der Waals surface area contributed by atoms with Gasteiger partial charge in [-0.05, 0) is 50.5 Å². The van der Waals surface area contributed by atoms with Crippen LogP contribution in [0.15, 0.2) is 18.2 Å². The molecule has 2 aliphatic heterocycles. The number of hydrogen-bond acceptors (Lipinski definition) is 5. The lowest BCUT2D eigenvalue weighted by atomic mass is 10.0. The summed E-state index contributed by atoms with van der Waals surface area (Å²) in [6, 6.07) is 4.83. The number of nitrogens with zero attached hydrogens (tertiary/aromatic N) is 3. The number of likely N-dealkylation sites (tertiary alicyclic amines) is 1. The summed E-state index contributed by atoms with van der Waals surface area (Å²) in [5.74, 6) is 0.680. The summed E-state index contributed by atoms with van der Waals surface area (Å²) < 4.78 is 0. The second-order valence-corrected chi connectivity index (χ2v) is 8.85. The second kappa shape index (κ2) is 9.11. The minimum atomic E-state index is -0.425. The molecule has 29 heavy (non-hydrogen) atoms. The number of anilines is 1. The fourth-order valence-electron chi connectivity index (χ4n) is 5.13. The molecule has 0 radical (unpaired) electrons. The first kappa shape index (κ1) is 20.1. The number of amides is 1. The molecule has 1 aromatic carbocycles. The Kier molecular flexibility index (Phi) is 6.33. The molecule has 2 heterocycles. The van der Waals surface area contributed by atoms with Crippen molar-refractivity contribution in [1.29, 1.82) is 0 Å². The molecular formula is C22H32N4O3. The van der Waals surface area contributed by atoms with E-state index >= 15 is 0 Å². The van der Waals surface area contributed by atoms with Gasteiger partial charge >= 0.3 is 0 Å². The quantitative estimate of drug-likeness (QED) is 0.583. The Bertz CT molecular complexity index is 734. The number of piperidine rings is 1. The van der Waals surface area contributed by atoms with Crippen LogP contribution in [0.1, 0.15) is 61.7 Å². The summed E-state index contributed by atoms with van der Waals surface area (Å²) in [5, 5.41) is 14.4. The van der Waals surface area contributed by atoms with Crippen LogP contribution in [-0.2, 0) is 0 Å². The van der Waals surface area contributed by atoms with Crippen LogP contribution >= 0.6 is 0 Å². The van der Waals surface area contributed by atoms with Crippen LogP contribution < -0.4 is 10.2 Å². The topological polar surface area (TPSA) is 78.7 Å². The van der Waals surface area contributed by atoms with E-state index in [0.717, 1.165) is 63.5 Å². The zero-order valence-corrected chi connectivity index (χ0v) is 17.1. The van der Waals surface area contributed by atoms with E-state index in [0.29, 0.717) is 5.56 Å². The molecule has 158 valence electrons. The fourth-order valence-corrected chi connectivity index (χ4v) is 5.13. The van der Waals surface area contributed by atoms with Crippen molar-refractivity contribution in [3.63, 3.8) is 0 Å². The Morgan fingerprint density at radius 2 is 1.72 bits per heavy atom. The molecule has 7 nitrogen and oxygen atoms in total. The minimum Gasteiger partial charge on any atom is -0.371 e. The number of benzene rings is 1. The van der Waals surface area contributed by atoms with Gasteiger partial charge < -0.3 is 15.1 Å². The first-order valence-corrected chi connectivity index (χ1v) is 11.2. The van der Waals surface area contributed by atoms with Gasteiger partial charge in [0.2, 0.25) is 0 Å². The number of rotatable bonds is 6. The molecule has 1 aromatic rings. The van der Waals surface area contributed by atoms with E-state index < -0.39 is 4.92 Å². The summed E-state index contributed by atoms with van der Waals surface area (Å²) in [6.45, 7) is 5.05. The molecule has 4 rings (SSSR count). The highest BCUT2D eigenvalue weighted by molar-refractivity contribution is 6.00. The van der Waals surface area contributed by atoms with Crippen LogP contribution in [0, 0.1) is 16.0 Å². The zero-order chi connectivity index (χ0) is 20.2. The maximum Gasteiger partial charge on any atom is 0.270 e. The fraction of sp³-hybridized carbons (Fsp3) is 0.682. The smallest absolute Gasteiger partial charge is 0.270 e. The third kappa shape index (κ3) is 4.89. The molecule has 0 unspecified atom stereocenters. The summed E-state index contributed by atoms with van der Waals surface area (Å²) in [6.07, 6.45) is 9.57. The van der Waals surface area contributed by atoms with Gasteiger partial charge in [0.15, 0.2) is 0 Å². The lowest BCUT2D eigenvalue weighted by Crippen LogP contribution is -2.45. The molecule has 1 amide bonds. The van der Waals surface area contributed by atoms with E-state index in [4.69, 9.17) is 0 Å². The second-order valence-electron chi connectivity index (χ2n) is 8.85. The van der Waals surface area contributed by atoms with Gasteiger partial charge in [-0.3, -0.25) is 14.9 Å². The Morgan fingerprint density at radius 1 is 1.03 bits per heavy atom. The molecule has 0 atom stereocenters. The van der Waals surface area contributed by atoms with E-state index in [1.807, 2.05) is 0 Å². The lowest BCUT2D eigenvalue weighted by Gasteiger charge is -2.34. The number of carbonyl (C=O) groups is 1. The monoisotopic (exact) mass is 400 g/mol. The first-order valence-electron chi connectivity index (χ1n) is 11.2. The molecule has 0 aromatic heterocycles. The average molecular weight is 401 g/mol. The predicted octanol–water partition coefficient (Wildman–Crippen LogP) is 3.58. The summed E-state index contributed by atoms with van der Waals surface area (Å²) in [7, 11) is 0. The number of nitro benzene ring substituents is 1. The largest absolute Gasteiger partial charge is 0.371 e. The molecule has 1 aliphatic carbocycles. The maximum atomic E-state index is 13.1. The molecule has 7 heteroatoms. The average Bonchev–Trinajstić information content (AvgIpc) is 3.43. The third-order valence-electron chi connectivity index (χ3n) is 6.80. The minimum absolute atomic E-state index is 0.0236. The molecule has 1 N–H and O–H groups in total. The number of nitrogens with one attached hydrogen (secondary N) is 1. The molecule has 1 saturated carbocycles. The Morgan fingerprint density at radius 3 is 2.38 bits per heavy atom. The Labute approximate surface area is 172 Å². The van der Waals surface area contributed by atoms with Crippen molar-refractivity contribution in [2.24, 2.45) is 5.92 Å². The summed E-state index contributed by atoms with van der Waals surface area (Å²) in [5.41, 5.74) is 1.24. The maximum absolute atomic E-state index is 13.1. The molecule has 2 saturated heterocycles. The van der Waals surface area contributed by atoms with Crippen molar-refractivity contribution in [2.75, 3.05) is 37.6 Å². The Hall–Kier alpha value is -2.15. The number of nitro groups is 1. The van der Waals surface area contributed by atoms with Crippen LogP contribution in [0.2, 0.25) is 0 Å². The summed E-state index contributed by atoms with van der Waals surface area (Å²) >= 11 is 0. The SMILES string of the molecule is O=C(NC1CCN(CC2CCCC2)CC1)c1cc([N+](=O)[O-])ccc1N1CCCC1. The van der Waals surface area contributed by atoms with E-state index in [1.165, 1.54) is 44.4 Å². The standard InChI is InChI=1S/C22H32N4O3/c27-22(23-18-9-13-24(14-10-18)16-17-5-1-2-6-17)20-15-19(26(28)29)7-8-21(20)25-11-3-4-12-25/h7-8,15,17-18H,1-6,9-14,16H2,(H,23,27). The van der Waals surface area contributed by atoms with E-state index in [1.54, 1.807) is 6.07 Å². The van der Waals surface area contributed by atoms with Crippen molar-refractivity contribution in [2.45, 2.75) is 57.4 Å². The molecule has 3 aliphatic rings. The Balaban J connectivity index is 1.38. The highest BCUT2D eigenvalue weighted by atomic mass is 16.6. The van der Waals surface area contributed by atoms with Crippen LogP contribution in [0.25, 0.3) is 0 Å². The first-order chi connectivity index (χ1) is 14.1. The van der Waals surface area contributed by atoms with Gasteiger partial charge in [0.25, 0.3) is 11.6 Å². The van der Waals surface area contributed by atoms with E-state index in [-0.39, 0.29) is 17.6 Å². The zero-order valence-electron chi connectivity index (χ0n) is 17.1. The van der Waals surface area contributed by atoms with Crippen molar-refractivity contribution in [1.82, 2.24) is 10.2 Å². The molecule has 3 fully saturated rings. The third-order valence-corrected chi connectivity index (χ3v) is 6.80. The number of non-ortho nitro benzene ring substituents is 1. The van der Waals surface area contributed by atoms with Crippen LogP contribution in [0.4, 0.5) is 11.4 Å². The van der Waals surface area contributed by atoms with Crippen molar-refractivity contribution in [3.05, 3.63) is 33.9 Å². The lowest BCUT2D eigenvalue weighted by molar-refractivity contribution is -0.384. The van der Waals surface area contributed by atoms with Crippen molar-refractivity contribution >= 4 is 17.3 Å². The van der Waals surface area contributed by atoms with Gasteiger partial charge in [-0.15, -0.1) is 0 Å². The van der Waals surface area contributed by atoms with Gasteiger partial charge in [0, 0.05) is 50.9 Å². The molecule has 0 bridgehead atoms. The molecule has 0 spiro atoms. The van der Waals surface area contributed by atoms with E-state index in [9.17, 15) is 14.9 Å². The van der Waals surface area contributed by atoms with Crippen LogP contribution in [-0.4, -0.2) is 54.5 Å². The van der Waals surface area contributed by atoms with Gasteiger partial charge in [-0.25, -0.2) is 0 Å². The van der Waals surface area contributed by atoms with E-state index in [2.05, 4.69) is 15.1 Å². The van der Waals surface area contributed by atoms with Gasteiger partial charge in [0.05, 0.1) is 16.2 Å². The van der Waals surface area contributed by atoms with Crippen LogP contribution in [0.3, 0.4) is 0 Å². The van der Waals surface area contributed by atoms with Gasteiger partial charge in [-0.2, -0.15) is 0 Å². The van der Waals surface area contributed by atoms with Crippen LogP contribution in [0.5, 0.6) is 0 Å². The number of hydrogen-bond donors (Lipinski definition) is 1.